The molecule has 0 bridgehead atoms. The average Bonchev–Trinajstić information content (AvgIpc) is 2.84. The van der Waals surface area contributed by atoms with Crippen molar-refractivity contribution in [3.8, 4) is 0 Å². The Labute approximate surface area is 126 Å². The molecule has 0 aromatic carbocycles. The van der Waals surface area contributed by atoms with Gasteiger partial charge in [0.05, 0.1) is 11.5 Å². The van der Waals surface area contributed by atoms with Crippen LogP contribution in [0.25, 0.3) is 0 Å². The number of carboxylic acids is 1. The van der Waals surface area contributed by atoms with Gasteiger partial charge in [-0.3, -0.25) is 9.59 Å². The van der Waals surface area contributed by atoms with Gasteiger partial charge in [-0.2, -0.15) is 0 Å². The van der Waals surface area contributed by atoms with Gasteiger partial charge in [-0.05, 0) is 32.1 Å². The maximum Gasteiger partial charge on any atom is 0.310 e. The summed E-state index contributed by atoms with van der Waals surface area (Å²) >= 11 is 0. The molecule has 2 N–H and O–H groups in total. The van der Waals surface area contributed by atoms with Crippen LogP contribution < -0.4 is 5.32 Å². The molecular weight excluding hydrogens is 270 g/mol. The van der Waals surface area contributed by atoms with Crippen molar-refractivity contribution in [3.63, 3.8) is 0 Å². The lowest BCUT2D eigenvalue weighted by atomic mass is 9.77. The van der Waals surface area contributed by atoms with E-state index in [1.54, 1.807) is 0 Å². The normalized spacial score (nSPS) is 25.2. The molecule has 1 aliphatic heterocycles. The van der Waals surface area contributed by atoms with E-state index in [1.807, 2.05) is 0 Å². The fourth-order valence-electron chi connectivity index (χ4n) is 3.49. The summed E-state index contributed by atoms with van der Waals surface area (Å²) in [5.41, 5.74) is -0.843. The first-order chi connectivity index (χ1) is 10.1. The number of rotatable bonds is 6. The highest BCUT2D eigenvalue weighted by molar-refractivity contribution is 5.85. The molecule has 1 atom stereocenters. The van der Waals surface area contributed by atoms with Crippen LogP contribution in [0.15, 0.2) is 0 Å². The Morgan fingerprint density at radius 3 is 2.43 bits per heavy atom. The van der Waals surface area contributed by atoms with Gasteiger partial charge in [0, 0.05) is 19.6 Å². The number of ether oxygens (including phenoxy) is 1. The van der Waals surface area contributed by atoms with Crippen molar-refractivity contribution in [3.05, 3.63) is 0 Å². The molecule has 2 aliphatic rings. The lowest BCUT2D eigenvalue weighted by Gasteiger charge is -2.27. The fraction of sp³-hybridized carbons (Fsp3) is 0.875. The third-order valence-corrected chi connectivity index (χ3v) is 4.83. The molecule has 1 saturated heterocycles. The summed E-state index contributed by atoms with van der Waals surface area (Å²) in [6.45, 7) is 1.40. The molecule has 21 heavy (non-hydrogen) atoms. The zero-order valence-electron chi connectivity index (χ0n) is 12.7. The Bertz CT molecular complexity index is 355. The molecule has 1 amide bonds. The minimum Gasteiger partial charge on any atom is -0.481 e. The Morgan fingerprint density at radius 2 is 1.86 bits per heavy atom. The molecule has 1 unspecified atom stereocenters. The molecule has 0 radical (unpaired) electrons. The predicted octanol–water partition coefficient (Wildman–Crippen LogP) is 2.49. The van der Waals surface area contributed by atoms with Crippen LogP contribution >= 0.6 is 0 Å². The standard InChI is InChI=1S/C16H27NO4/c18-14(17-10-7-13-6-5-11-21-13)12-16(15(19)20)8-3-1-2-4-9-16/h13H,1-12H2,(H,17,18)(H,19,20). The Hall–Kier alpha value is -1.10. The Morgan fingerprint density at radius 1 is 1.14 bits per heavy atom. The van der Waals surface area contributed by atoms with Gasteiger partial charge in [-0.15, -0.1) is 0 Å². The summed E-state index contributed by atoms with van der Waals surface area (Å²) in [5.74, 6) is -0.934. The van der Waals surface area contributed by atoms with Crippen molar-refractivity contribution in [2.45, 2.75) is 70.3 Å². The second-order valence-corrected chi connectivity index (χ2v) is 6.45. The topological polar surface area (TPSA) is 75.6 Å². The van der Waals surface area contributed by atoms with E-state index in [9.17, 15) is 14.7 Å². The summed E-state index contributed by atoms with van der Waals surface area (Å²) in [6, 6.07) is 0. The van der Waals surface area contributed by atoms with Crippen molar-refractivity contribution >= 4 is 11.9 Å². The Balaban J connectivity index is 1.78. The number of carbonyl (C=O) groups excluding carboxylic acids is 1. The van der Waals surface area contributed by atoms with E-state index in [2.05, 4.69) is 5.32 Å². The quantitative estimate of drug-likeness (QED) is 0.739. The van der Waals surface area contributed by atoms with Crippen LogP contribution in [0.3, 0.4) is 0 Å². The van der Waals surface area contributed by atoms with E-state index < -0.39 is 11.4 Å². The zero-order valence-corrected chi connectivity index (χ0v) is 12.7. The maximum atomic E-state index is 12.1. The van der Waals surface area contributed by atoms with Crippen LogP contribution in [0, 0.1) is 5.41 Å². The Kier molecular flexibility index (Phi) is 6.03. The third kappa shape index (κ3) is 4.70. The van der Waals surface area contributed by atoms with Crippen molar-refractivity contribution in [1.82, 2.24) is 5.32 Å². The summed E-state index contributed by atoms with van der Waals surface area (Å²) in [4.78, 5) is 23.7. The minimum atomic E-state index is -0.843. The lowest BCUT2D eigenvalue weighted by Crippen LogP contribution is -2.38. The lowest BCUT2D eigenvalue weighted by molar-refractivity contribution is -0.152. The van der Waals surface area contributed by atoms with Gasteiger partial charge in [0.1, 0.15) is 0 Å². The monoisotopic (exact) mass is 297 g/mol. The first-order valence-electron chi connectivity index (χ1n) is 8.24. The smallest absolute Gasteiger partial charge is 0.310 e. The first-order valence-corrected chi connectivity index (χ1v) is 8.24. The van der Waals surface area contributed by atoms with Gasteiger partial charge in [0.25, 0.3) is 0 Å². The van der Waals surface area contributed by atoms with Gasteiger partial charge in [-0.1, -0.05) is 25.7 Å². The van der Waals surface area contributed by atoms with Crippen molar-refractivity contribution in [2.75, 3.05) is 13.2 Å². The molecule has 1 saturated carbocycles. The van der Waals surface area contributed by atoms with E-state index >= 15 is 0 Å². The van der Waals surface area contributed by atoms with Crippen LogP contribution in [0.2, 0.25) is 0 Å². The molecule has 1 aliphatic carbocycles. The van der Waals surface area contributed by atoms with Gasteiger partial charge < -0.3 is 15.2 Å². The molecule has 5 nitrogen and oxygen atoms in total. The van der Waals surface area contributed by atoms with Crippen LogP contribution in [0.1, 0.15) is 64.2 Å². The molecule has 1 heterocycles. The van der Waals surface area contributed by atoms with Gasteiger partial charge in [-0.25, -0.2) is 0 Å². The molecule has 0 aromatic heterocycles. The molecular formula is C16H27NO4. The van der Waals surface area contributed by atoms with E-state index in [0.29, 0.717) is 19.4 Å². The number of amides is 1. The number of carbonyl (C=O) groups is 2. The van der Waals surface area contributed by atoms with E-state index in [0.717, 1.165) is 51.6 Å². The highest BCUT2D eigenvalue weighted by Crippen LogP contribution is 2.38. The molecule has 0 spiro atoms. The van der Waals surface area contributed by atoms with Crippen molar-refractivity contribution in [1.29, 1.82) is 0 Å². The fourth-order valence-corrected chi connectivity index (χ4v) is 3.49. The summed E-state index contributed by atoms with van der Waals surface area (Å²) in [5, 5.41) is 12.4. The van der Waals surface area contributed by atoms with E-state index in [-0.39, 0.29) is 18.4 Å². The van der Waals surface area contributed by atoms with Crippen LogP contribution in [0.5, 0.6) is 0 Å². The summed E-state index contributed by atoms with van der Waals surface area (Å²) in [7, 11) is 0. The summed E-state index contributed by atoms with van der Waals surface area (Å²) in [6.07, 6.45) is 8.60. The van der Waals surface area contributed by atoms with E-state index in [1.165, 1.54) is 0 Å². The molecule has 5 heteroatoms. The van der Waals surface area contributed by atoms with E-state index in [4.69, 9.17) is 4.74 Å². The van der Waals surface area contributed by atoms with Crippen molar-refractivity contribution in [2.24, 2.45) is 5.41 Å². The second kappa shape index (κ2) is 7.78. The minimum absolute atomic E-state index is 0.119. The zero-order chi connectivity index (χ0) is 15.1. The maximum absolute atomic E-state index is 12.1. The highest BCUT2D eigenvalue weighted by Gasteiger charge is 2.40. The highest BCUT2D eigenvalue weighted by atomic mass is 16.5. The number of hydrogen-bond donors (Lipinski definition) is 2. The SMILES string of the molecule is O=C(CC1(C(=O)O)CCCCCC1)NCCC1CCCO1. The third-order valence-electron chi connectivity index (χ3n) is 4.83. The van der Waals surface area contributed by atoms with Crippen LogP contribution in [-0.2, 0) is 14.3 Å². The molecule has 120 valence electrons. The predicted molar refractivity (Wildman–Crippen MR) is 79.0 cm³/mol. The first kappa shape index (κ1) is 16.3. The number of hydrogen-bond acceptors (Lipinski definition) is 3. The molecule has 0 aromatic rings. The van der Waals surface area contributed by atoms with Gasteiger partial charge >= 0.3 is 5.97 Å². The number of carboxylic acid groups (broad SMARTS) is 1. The average molecular weight is 297 g/mol. The largest absolute Gasteiger partial charge is 0.481 e. The molecule has 2 fully saturated rings. The second-order valence-electron chi connectivity index (χ2n) is 6.45. The molecule has 2 rings (SSSR count). The summed E-state index contributed by atoms with van der Waals surface area (Å²) < 4.78 is 5.51. The number of nitrogens with one attached hydrogen (secondary N) is 1. The van der Waals surface area contributed by atoms with Crippen LogP contribution in [0.4, 0.5) is 0 Å². The van der Waals surface area contributed by atoms with Crippen LogP contribution in [-0.4, -0.2) is 36.2 Å². The van der Waals surface area contributed by atoms with Gasteiger partial charge in [0.15, 0.2) is 0 Å². The van der Waals surface area contributed by atoms with Gasteiger partial charge in [0.2, 0.25) is 5.91 Å². The number of aliphatic carboxylic acids is 1. The van der Waals surface area contributed by atoms with Crippen molar-refractivity contribution < 1.29 is 19.4 Å².